The first-order valence-corrected chi connectivity index (χ1v) is 5.45. The van der Waals surface area contributed by atoms with E-state index in [2.05, 4.69) is 32.0 Å². The van der Waals surface area contributed by atoms with Crippen LogP contribution in [0.15, 0.2) is 36.4 Å². The summed E-state index contributed by atoms with van der Waals surface area (Å²) in [7, 11) is 0. The number of hydrogen-bond donors (Lipinski definition) is 1. The highest BCUT2D eigenvalue weighted by atomic mass is 16.3. The number of rotatable bonds is 1. The van der Waals surface area contributed by atoms with E-state index in [1.807, 2.05) is 19.1 Å². The zero-order chi connectivity index (χ0) is 11.7. The molecule has 0 radical (unpaired) electrons. The number of aromatic hydroxyl groups is 1. The van der Waals surface area contributed by atoms with Gasteiger partial charge in [0, 0.05) is 0 Å². The maximum atomic E-state index is 9.49. The third-order valence-electron chi connectivity index (χ3n) is 3.04. The van der Waals surface area contributed by atoms with Gasteiger partial charge in [-0.15, -0.1) is 0 Å². The minimum Gasteiger partial charge on any atom is -0.508 e. The van der Waals surface area contributed by atoms with Crippen molar-refractivity contribution >= 4 is 0 Å². The van der Waals surface area contributed by atoms with Crippen molar-refractivity contribution in [3.63, 3.8) is 0 Å². The van der Waals surface area contributed by atoms with Gasteiger partial charge >= 0.3 is 0 Å². The van der Waals surface area contributed by atoms with Gasteiger partial charge in [0.2, 0.25) is 0 Å². The van der Waals surface area contributed by atoms with Gasteiger partial charge in [-0.2, -0.15) is 0 Å². The Hall–Kier alpha value is -1.76. The second kappa shape index (κ2) is 4.01. The fourth-order valence-corrected chi connectivity index (χ4v) is 1.76. The summed E-state index contributed by atoms with van der Waals surface area (Å²) in [6.07, 6.45) is 0. The van der Waals surface area contributed by atoms with Gasteiger partial charge in [0.25, 0.3) is 0 Å². The summed E-state index contributed by atoms with van der Waals surface area (Å²) >= 11 is 0. The Labute approximate surface area is 96.4 Å². The molecule has 1 nitrogen and oxygen atoms in total. The predicted octanol–water partition coefficient (Wildman–Crippen LogP) is 3.98. The average Bonchev–Trinajstić information content (AvgIpc) is 2.26. The monoisotopic (exact) mass is 212 g/mol. The molecule has 0 amide bonds. The molecule has 0 aromatic heterocycles. The summed E-state index contributed by atoms with van der Waals surface area (Å²) in [4.78, 5) is 0. The molecular weight excluding hydrogens is 196 g/mol. The Kier molecular flexibility index (Phi) is 2.69. The SMILES string of the molecule is Cc1ccc(-c2ccc(O)c(C)c2)cc1C. The molecule has 82 valence electrons. The molecule has 0 unspecified atom stereocenters. The number of hydrogen-bond acceptors (Lipinski definition) is 1. The van der Waals surface area contributed by atoms with Crippen LogP contribution in [0.4, 0.5) is 0 Å². The number of benzene rings is 2. The molecule has 0 saturated carbocycles. The Bertz CT molecular complexity index is 477. The Balaban J connectivity index is 2.50. The predicted molar refractivity (Wildman–Crippen MR) is 67.8 cm³/mol. The van der Waals surface area contributed by atoms with Crippen LogP contribution >= 0.6 is 0 Å². The van der Waals surface area contributed by atoms with Crippen LogP contribution < -0.4 is 0 Å². The van der Waals surface area contributed by atoms with Crippen molar-refractivity contribution in [1.29, 1.82) is 0 Å². The molecule has 0 heterocycles. The van der Waals surface area contributed by atoms with Crippen LogP contribution in [0.3, 0.4) is 0 Å². The van der Waals surface area contributed by atoms with Crippen LogP contribution in [0.5, 0.6) is 5.75 Å². The number of phenolic OH excluding ortho intramolecular Hbond substituents is 1. The highest BCUT2D eigenvalue weighted by molar-refractivity contribution is 5.66. The minimum absolute atomic E-state index is 0.354. The van der Waals surface area contributed by atoms with Crippen LogP contribution in [0, 0.1) is 20.8 Å². The maximum Gasteiger partial charge on any atom is 0.118 e. The van der Waals surface area contributed by atoms with Gasteiger partial charge in [0.05, 0.1) is 0 Å². The van der Waals surface area contributed by atoms with Crippen molar-refractivity contribution in [2.45, 2.75) is 20.8 Å². The Morgan fingerprint density at radius 1 is 0.688 bits per heavy atom. The summed E-state index contributed by atoms with van der Waals surface area (Å²) in [6.45, 7) is 6.15. The molecule has 0 aliphatic carbocycles. The van der Waals surface area contributed by atoms with E-state index in [9.17, 15) is 5.11 Å². The van der Waals surface area contributed by atoms with Crippen LogP contribution in [-0.4, -0.2) is 5.11 Å². The third-order valence-corrected chi connectivity index (χ3v) is 3.04. The van der Waals surface area contributed by atoms with E-state index < -0.39 is 0 Å². The molecule has 2 aromatic rings. The lowest BCUT2D eigenvalue weighted by molar-refractivity contribution is 0.471. The van der Waals surface area contributed by atoms with Crippen molar-refractivity contribution in [3.8, 4) is 16.9 Å². The first kappa shape index (κ1) is 10.7. The zero-order valence-corrected chi connectivity index (χ0v) is 9.91. The van der Waals surface area contributed by atoms with Crippen molar-refractivity contribution in [3.05, 3.63) is 53.1 Å². The van der Waals surface area contributed by atoms with Crippen molar-refractivity contribution < 1.29 is 5.11 Å². The second-order valence-corrected chi connectivity index (χ2v) is 4.30. The lowest BCUT2D eigenvalue weighted by Gasteiger charge is -2.07. The van der Waals surface area contributed by atoms with E-state index in [0.29, 0.717) is 5.75 Å². The highest BCUT2D eigenvalue weighted by Crippen LogP contribution is 2.26. The van der Waals surface area contributed by atoms with E-state index in [0.717, 1.165) is 11.1 Å². The Morgan fingerprint density at radius 3 is 1.81 bits per heavy atom. The van der Waals surface area contributed by atoms with E-state index in [1.54, 1.807) is 6.07 Å². The normalized spacial score (nSPS) is 10.4. The molecule has 2 rings (SSSR count). The summed E-state index contributed by atoms with van der Waals surface area (Å²) in [5.74, 6) is 0.354. The molecule has 16 heavy (non-hydrogen) atoms. The van der Waals surface area contributed by atoms with E-state index in [-0.39, 0.29) is 0 Å². The van der Waals surface area contributed by atoms with Crippen LogP contribution in [0.1, 0.15) is 16.7 Å². The fraction of sp³-hybridized carbons (Fsp3) is 0.200. The quantitative estimate of drug-likeness (QED) is 0.758. The van der Waals surface area contributed by atoms with Gasteiger partial charge in [-0.1, -0.05) is 24.3 Å². The fourth-order valence-electron chi connectivity index (χ4n) is 1.76. The van der Waals surface area contributed by atoms with Gasteiger partial charge in [0.1, 0.15) is 5.75 Å². The van der Waals surface area contributed by atoms with E-state index in [1.165, 1.54) is 16.7 Å². The smallest absolute Gasteiger partial charge is 0.118 e. The molecule has 0 aliphatic heterocycles. The van der Waals surface area contributed by atoms with Crippen molar-refractivity contribution in [2.24, 2.45) is 0 Å². The lowest BCUT2D eigenvalue weighted by Crippen LogP contribution is -1.84. The van der Waals surface area contributed by atoms with Gasteiger partial charge in [-0.3, -0.25) is 0 Å². The zero-order valence-electron chi connectivity index (χ0n) is 9.91. The number of aryl methyl sites for hydroxylation is 3. The third kappa shape index (κ3) is 1.94. The topological polar surface area (TPSA) is 20.2 Å². The lowest BCUT2D eigenvalue weighted by atomic mass is 9.99. The van der Waals surface area contributed by atoms with Crippen molar-refractivity contribution in [2.75, 3.05) is 0 Å². The first-order chi connectivity index (χ1) is 7.58. The molecule has 1 N–H and O–H groups in total. The summed E-state index contributed by atoms with van der Waals surface area (Å²) in [6, 6.07) is 12.1. The minimum atomic E-state index is 0.354. The van der Waals surface area contributed by atoms with Gasteiger partial charge < -0.3 is 5.11 Å². The molecule has 0 bridgehead atoms. The Morgan fingerprint density at radius 2 is 1.25 bits per heavy atom. The molecule has 0 saturated heterocycles. The standard InChI is InChI=1S/C15H16O/c1-10-4-5-13(8-11(10)2)14-6-7-15(16)12(3)9-14/h4-9,16H,1-3H3. The summed E-state index contributed by atoms with van der Waals surface area (Å²) in [5.41, 5.74) is 5.86. The van der Waals surface area contributed by atoms with E-state index in [4.69, 9.17) is 0 Å². The average molecular weight is 212 g/mol. The van der Waals surface area contributed by atoms with Crippen LogP contribution in [0.2, 0.25) is 0 Å². The van der Waals surface area contributed by atoms with Crippen LogP contribution in [-0.2, 0) is 0 Å². The van der Waals surface area contributed by atoms with Gasteiger partial charge in [-0.25, -0.2) is 0 Å². The number of phenols is 1. The molecular formula is C15H16O. The summed E-state index contributed by atoms with van der Waals surface area (Å²) in [5, 5.41) is 9.49. The second-order valence-electron chi connectivity index (χ2n) is 4.30. The molecule has 1 heteroatoms. The molecule has 0 atom stereocenters. The van der Waals surface area contributed by atoms with Crippen molar-refractivity contribution in [1.82, 2.24) is 0 Å². The van der Waals surface area contributed by atoms with Gasteiger partial charge in [0.15, 0.2) is 0 Å². The van der Waals surface area contributed by atoms with E-state index >= 15 is 0 Å². The molecule has 0 spiro atoms. The molecule has 0 fully saturated rings. The van der Waals surface area contributed by atoms with Crippen LogP contribution in [0.25, 0.3) is 11.1 Å². The first-order valence-electron chi connectivity index (χ1n) is 5.45. The summed E-state index contributed by atoms with van der Waals surface area (Å²) < 4.78 is 0. The molecule has 2 aromatic carbocycles. The largest absolute Gasteiger partial charge is 0.508 e. The molecule has 0 aliphatic rings. The van der Waals surface area contributed by atoms with Gasteiger partial charge in [-0.05, 0) is 60.7 Å². The highest BCUT2D eigenvalue weighted by Gasteiger charge is 2.02. The maximum absolute atomic E-state index is 9.49.